The highest BCUT2D eigenvalue weighted by Gasteiger charge is 2.23. The second kappa shape index (κ2) is 10.4. The van der Waals surface area contributed by atoms with E-state index in [0.29, 0.717) is 27.7 Å². The van der Waals surface area contributed by atoms with Crippen LogP contribution in [0.5, 0.6) is 5.75 Å². The number of amides is 1. The van der Waals surface area contributed by atoms with Gasteiger partial charge < -0.3 is 9.64 Å². The highest BCUT2D eigenvalue weighted by Crippen LogP contribution is 2.34. The normalized spacial score (nSPS) is 11.0. The summed E-state index contributed by atoms with van der Waals surface area (Å²) in [5.41, 5.74) is 0.791. The molecule has 0 saturated heterocycles. The molecule has 8 nitrogen and oxygen atoms in total. The highest BCUT2D eigenvalue weighted by atomic mass is 35.5. The highest BCUT2D eigenvalue weighted by molar-refractivity contribution is 7.23. The Morgan fingerprint density at radius 2 is 1.85 bits per heavy atom. The number of aromatic nitrogens is 1. The monoisotopic (exact) mass is 506 g/mol. The first kappa shape index (κ1) is 24.8. The van der Waals surface area contributed by atoms with E-state index in [2.05, 4.69) is 4.90 Å². The van der Waals surface area contributed by atoms with Crippen LogP contribution < -0.4 is 9.64 Å². The van der Waals surface area contributed by atoms with Crippen molar-refractivity contribution in [2.24, 2.45) is 0 Å². The van der Waals surface area contributed by atoms with Gasteiger partial charge in [0.05, 0.1) is 27.1 Å². The van der Waals surface area contributed by atoms with E-state index in [1.165, 1.54) is 34.8 Å². The second-order valence-electron chi connectivity index (χ2n) is 7.53. The minimum absolute atomic E-state index is 0. The van der Waals surface area contributed by atoms with E-state index in [4.69, 9.17) is 9.72 Å². The van der Waals surface area contributed by atoms with Gasteiger partial charge in [-0.25, -0.2) is 4.98 Å². The van der Waals surface area contributed by atoms with E-state index < -0.39 is 4.92 Å². The van der Waals surface area contributed by atoms with Crippen molar-refractivity contribution < 1.29 is 14.5 Å². The average Bonchev–Trinajstić information content (AvgIpc) is 3.38. The second-order valence-corrected chi connectivity index (χ2v) is 9.63. The first-order chi connectivity index (χ1) is 15.4. The molecule has 4 aromatic rings. The summed E-state index contributed by atoms with van der Waals surface area (Å²) in [5, 5.41) is 12.4. The molecule has 2 aromatic heterocycles. The molecule has 0 unspecified atom stereocenters. The summed E-state index contributed by atoms with van der Waals surface area (Å²) >= 11 is 2.79. The lowest BCUT2D eigenvalue weighted by Gasteiger charge is -2.20. The number of benzene rings is 2. The molecule has 33 heavy (non-hydrogen) atoms. The molecule has 11 heteroatoms. The van der Waals surface area contributed by atoms with Gasteiger partial charge in [0.25, 0.3) is 11.6 Å². The fourth-order valence-electron chi connectivity index (χ4n) is 3.35. The summed E-state index contributed by atoms with van der Waals surface area (Å²) in [6, 6.07) is 12.1. The van der Waals surface area contributed by atoms with Gasteiger partial charge in [-0.3, -0.25) is 19.8 Å². The number of nitro groups is 1. The third-order valence-electron chi connectivity index (χ3n) is 4.97. The molecule has 0 atom stereocenters. The van der Waals surface area contributed by atoms with Gasteiger partial charge in [0, 0.05) is 34.8 Å². The van der Waals surface area contributed by atoms with Crippen LogP contribution in [-0.4, -0.2) is 55.0 Å². The van der Waals surface area contributed by atoms with E-state index in [-0.39, 0.29) is 24.0 Å². The van der Waals surface area contributed by atoms with Crippen LogP contribution in [0.2, 0.25) is 0 Å². The zero-order chi connectivity index (χ0) is 22.8. The Kier molecular flexibility index (Phi) is 7.85. The standard InChI is InChI=1S/C22H22N4O4S2.ClH/c1-24(2)9-4-10-25(22-23-17-13-16(30-3)6-8-19(17)32-22)21(27)20-12-14-11-15(26(28)29)5-7-18(14)31-20;/h5-8,11-13H,4,9-10H2,1-3H3;1H. The van der Waals surface area contributed by atoms with Crippen LogP contribution in [0.4, 0.5) is 10.8 Å². The van der Waals surface area contributed by atoms with E-state index in [1.807, 2.05) is 32.3 Å². The molecular weight excluding hydrogens is 484 g/mol. The molecule has 0 spiro atoms. The molecule has 2 heterocycles. The Balaban J connectivity index is 0.00000306. The van der Waals surface area contributed by atoms with Crippen molar-refractivity contribution in [1.29, 1.82) is 0 Å². The number of ether oxygens (including phenoxy) is 1. The fourth-order valence-corrected chi connectivity index (χ4v) is 5.31. The van der Waals surface area contributed by atoms with E-state index in [9.17, 15) is 14.9 Å². The van der Waals surface area contributed by atoms with Crippen LogP contribution in [0.15, 0.2) is 42.5 Å². The Morgan fingerprint density at radius 3 is 2.55 bits per heavy atom. The van der Waals surface area contributed by atoms with Crippen LogP contribution >= 0.6 is 35.1 Å². The molecular formula is C22H23ClN4O4S2. The van der Waals surface area contributed by atoms with Crippen molar-refractivity contribution in [2.75, 3.05) is 39.2 Å². The van der Waals surface area contributed by atoms with Gasteiger partial charge in [-0.1, -0.05) is 11.3 Å². The van der Waals surface area contributed by atoms with Gasteiger partial charge in [-0.2, -0.15) is 0 Å². The van der Waals surface area contributed by atoms with Crippen LogP contribution in [0.1, 0.15) is 16.1 Å². The number of nitro benzene ring substituents is 1. The first-order valence-electron chi connectivity index (χ1n) is 9.95. The molecule has 2 aromatic carbocycles. The minimum atomic E-state index is -0.429. The van der Waals surface area contributed by atoms with Gasteiger partial charge in [-0.15, -0.1) is 23.7 Å². The van der Waals surface area contributed by atoms with Gasteiger partial charge in [0.15, 0.2) is 5.13 Å². The van der Waals surface area contributed by atoms with Crippen molar-refractivity contribution in [3.8, 4) is 5.75 Å². The number of hydrogen-bond acceptors (Lipinski definition) is 8. The first-order valence-corrected chi connectivity index (χ1v) is 11.6. The molecule has 0 aliphatic carbocycles. The summed E-state index contributed by atoms with van der Waals surface area (Å²) in [4.78, 5) is 33.2. The predicted molar refractivity (Wildman–Crippen MR) is 137 cm³/mol. The van der Waals surface area contributed by atoms with Crippen molar-refractivity contribution in [3.63, 3.8) is 0 Å². The molecule has 0 aliphatic heterocycles. The van der Waals surface area contributed by atoms with E-state index in [0.717, 1.165) is 27.9 Å². The number of carbonyl (C=O) groups excluding carboxylic acids is 1. The maximum atomic E-state index is 13.5. The predicted octanol–water partition coefficient (Wildman–Crippen LogP) is 5.45. The maximum Gasteiger partial charge on any atom is 0.270 e. The summed E-state index contributed by atoms with van der Waals surface area (Å²) < 4.78 is 7.10. The largest absolute Gasteiger partial charge is 0.497 e. The lowest BCUT2D eigenvalue weighted by Crippen LogP contribution is -2.32. The Bertz CT molecular complexity index is 1300. The molecule has 174 valence electrons. The lowest BCUT2D eigenvalue weighted by molar-refractivity contribution is -0.384. The van der Waals surface area contributed by atoms with Gasteiger partial charge >= 0.3 is 0 Å². The SMILES string of the molecule is COc1ccc2sc(N(CCCN(C)C)C(=O)c3cc4cc([N+](=O)[O-])ccc4s3)nc2c1.Cl. The van der Waals surface area contributed by atoms with Crippen LogP contribution in [0, 0.1) is 10.1 Å². The van der Waals surface area contributed by atoms with Crippen LogP contribution in [0.25, 0.3) is 20.3 Å². The topological polar surface area (TPSA) is 88.8 Å². The minimum Gasteiger partial charge on any atom is -0.497 e. The number of hydrogen-bond donors (Lipinski definition) is 0. The van der Waals surface area contributed by atoms with Crippen molar-refractivity contribution in [1.82, 2.24) is 9.88 Å². The third-order valence-corrected chi connectivity index (χ3v) is 7.13. The molecule has 0 aliphatic rings. The summed E-state index contributed by atoms with van der Waals surface area (Å²) in [6.45, 7) is 1.35. The molecule has 0 fully saturated rings. The molecule has 0 N–H and O–H groups in total. The summed E-state index contributed by atoms with van der Waals surface area (Å²) in [6.07, 6.45) is 0.786. The summed E-state index contributed by atoms with van der Waals surface area (Å²) in [5.74, 6) is 0.560. The smallest absolute Gasteiger partial charge is 0.270 e. The van der Waals surface area contributed by atoms with Crippen molar-refractivity contribution >= 4 is 72.1 Å². The maximum absolute atomic E-state index is 13.5. The Hall–Kier alpha value is -2.79. The summed E-state index contributed by atoms with van der Waals surface area (Å²) in [7, 11) is 5.60. The number of non-ortho nitro benzene ring substituents is 1. The average molecular weight is 507 g/mol. The third kappa shape index (κ3) is 5.41. The molecule has 1 amide bonds. The number of anilines is 1. The molecule has 0 saturated carbocycles. The van der Waals surface area contributed by atoms with Crippen molar-refractivity contribution in [2.45, 2.75) is 6.42 Å². The van der Waals surface area contributed by atoms with Gasteiger partial charge in [0.2, 0.25) is 0 Å². The lowest BCUT2D eigenvalue weighted by atomic mass is 10.2. The molecule has 4 rings (SSSR count). The number of thiazole rings is 1. The number of nitrogens with zero attached hydrogens (tertiary/aromatic N) is 4. The number of fused-ring (bicyclic) bond motifs is 2. The van der Waals surface area contributed by atoms with E-state index >= 15 is 0 Å². The van der Waals surface area contributed by atoms with Gasteiger partial charge in [0.1, 0.15) is 5.75 Å². The number of carbonyl (C=O) groups is 1. The number of rotatable bonds is 8. The van der Waals surface area contributed by atoms with Crippen LogP contribution in [-0.2, 0) is 0 Å². The van der Waals surface area contributed by atoms with Crippen LogP contribution in [0.3, 0.4) is 0 Å². The number of halogens is 1. The van der Waals surface area contributed by atoms with E-state index in [1.54, 1.807) is 24.1 Å². The Labute approximate surface area is 205 Å². The zero-order valence-electron chi connectivity index (χ0n) is 18.3. The molecule has 0 radical (unpaired) electrons. The zero-order valence-corrected chi connectivity index (χ0v) is 20.8. The fraction of sp³-hybridized carbons (Fsp3) is 0.273. The molecule has 0 bridgehead atoms. The number of thiophene rings is 1. The quantitative estimate of drug-likeness (QED) is 0.233. The Morgan fingerprint density at radius 1 is 1.09 bits per heavy atom. The van der Waals surface area contributed by atoms with Crippen molar-refractivity contribution in [3.05, 3.63) is 57.5 Å². The van der Waals surface area contributed by atoms with Gasteiger partial charge in [-0.05, 0) is 51.3 Å². The number of methoxy groups -OCH3 is 1.